The summed E-state index contributed by atoms with van der Waals surface area (Å²) < 4.78 is 21.5. The quantitative estimate of drug-likeness (QED) is 0.468. The Labute approximate surface area is 161 Å². The van der Waals surface area contributed by atoms with Gasteiger partial charge in [-0.2, -0.15) is 0 Å². The molecule has 5 rings (SSSR count). The van der Waals surface area contributed by atoms with Crippen LogP contribution in [0.2, 0.25) is 0 Å². The van der Waals surface area contributed by atoms with E-state index in [-0.39, 0.29) is 5.82 Å². The molecule has 0 fully saturated rings. The SMILES string of the molecule is COc1ccc2c(c1)Cn1cc(/C=C/c3nc(C)c4cccc(F)c4n3)nc1-2. The number of methoxy groups -OCH3 is 1. The summed E-state index contributed by atoms with van der Waals surface area (Å²) in [6.07, 6.45) is 5.62. The smallest absolute Gasteiger partial charge is 0.153 e. The summed E-state index contributed by atoms with van der Waals surface area (Å²) >= 11 is 0. The molecule has 1 aliphatic heterocycles. The molecule has 4 aromatic rings. The molecule has 0 saturated heterocycles. The van der Waals surface area contributed by atoms with E-state index in [0.29, 0.717) is 11.3 Å². The maximum atomic E-state index is 14.1. The number of aryl methyl sites for hydroxylation is 1. The number of fused-ring (bicyclic) bond motifs is 4. The Kier molecular flexibility index (Phi) is 3.72. The van der Waals surface area contributed by atoms with Crippen LogP contribution in [0.25, 0.3) is 34.4 Å². The Morgan fingerprint density at radius 2 is 2.00 bits per heavy atom. The van der Waals surface area contributed by atoms with Gasteiger partial charge in [0.25, 0.3) is 0 Å². The number of hydrogen-bond donors (Lipinski definition) is 0. The van der Waals surface area contributed by atoms with Crippen molar-refractivity contribution in [2.24, 2.45) is 0 Å². The van der Waals surface area contributed by atoms with Crippen LogP contribution in [-0.4, -0.2) is 26.6 Å². The number of rotatable bonds is 3. The van der Waals surface area contributed by atoms with Crippen molar-refractivity contribution in [3.05, 3.63) is 71.2 Å². The van der Waals surface area contributed by atoms with E-state index in [1.807, 2.05) is 43.5 Å². The van der Waals surface area contributed by atoms with Gasteiger partial charge >= 0.3 is 0 Å². The van der Waals surface area contributed by atoms with Gasteiger partial charge in [-0.3, -0.25) is 0 Å². The third-order valence-electron chi connectivity index (χ3n) is 4.98. The fourth-order valence-electron chi connectivity index (χ4n) is 3.61. The van der Waals surface area contributed by atoms with Crippen molar-refractivity contribution in [2.75, 3.05) is 7.11 Å². The van der Waals surface area contributed by atoms with Gasteiger partial charge < -0.3 is 9.30 Å². The van der Waals surface area contributed by atoms with Gasteiger partial charge in [0.05, 0.1) is 12.8 Å². The molecule has 2 aromatic carbocycles. The number of imidazole rings is 1. The maximum absolute atomic E-state index is 14.1. The van der Waals surface area contributed by atoms with Gasteiger partial charge in [0.15, 0.2) is 5.82 Å². The second-order valence-corrected chi connectivity index (χ2v) is 6.78. The molecule has 0 aliphatic carbocycles. The number of ether oxygens (including phenoxy) is 1. The van der Waals surface area contributed by atoms with E-state index in [9.17, 15) is 4.39 Å². The molecule has 0 radical (unpaired) electrons. The molecule has 0 atom stereocenters. The van der Waals surface area contributed by atoms with Crippen LogP contribution in [0, 0.1) is 12.7 Å². The molecular weight excluding hydrogens is 355 g/mol. The molecule has 0 spiro atoms. The van der Waals surface area contributed by atoms with Crippen molar-refractivity contribution in [2.45, 2.75) is 13.5 Å². The van der Waals surface area contributed by atoms with Crippen LogP contribution in [-0.2, 0) is 6.54 Å². The fourth-order valence-corrected chi connectivity index (χ4v) is 3.61. The highest BCUT2D eigenvalue weighted by Gasteiger charge is 2.20. The summed E-state index contributed by atoms with van der Waals surface area (Å²) in [4.78, 5) is 13.5. The number of aromatic nitrogens is 4. The molecule has 1 aliphatic rings. The number of nitrogens with zero attached hydrogens (tertiary/aromatic N) is 4. The van der Waals surface area contributed by atoms with Crippen LogP contribution in [0.4, 0.5) is 4.39 Å². The molecule has 5 nitrogen and oxygen atoms in total. The van der Waals surface area contributed by atoms with E-state index in [2.05, 4.69) is 14.5 Å². The minimum absolute atomic E-state index is 0.338. The lowest BCUT2D eigenvalue weighted by atomic mass is 10.1. The van der Waals surface area contributed by atoms with Gasteiger partial charge in [0.2, 0.25) is 0 Å². The first kappa shape index (κ1) is 16.6. The predicted octanol–water partition coefficient (Wildman–Crippen LogP) is 4.48. The highest BCUT2D eigenvalue weighted by atomic mass is 19.1. The zero-order chi connectivity index (χ0) is 19.3. The second kappa shape index (κ2) is 6.27. The molecule has 0 N–H and O–H groups in total. The van der Waals surface area contributed by atoms with Crippen molar-refractivity contribution < 1.29 is 9.13 Å². The molecule has 138 valence electrons. The molecular formula is C22H17FN4O. The van der Waals surface area contributed by atoms with Crippen molar-refractivity contribution in [1.82, 2.24) is 19.5 Å². The molecule has 0 saturated carbocycles. The van der Waals surface area contributed by atoms with E-state index in [1.165, 1.54) is 11.6 Å². The van der Waals surface area contributed by atoms with Crippen molar-refractivity contribution >= 4 is 23.1 Å². The first-order valence-corrected chi connectivity index (χ1v) is 8.98. The van der Waals surface area contributed by atoms with Crippen molar-refractivity contribution in [1.29, 1.82) is 0 Å². The summed E-state index contributed by atoms with van der Waals surface area (Å²) in [6, 6.07) is 10.9. The molecule has 0 bridgehead atoms. The zero-order valence-electron chi connectivity index (χ0n) is 15.5. The Bertz CT molecular complexity index is 1260. The zero-order valence-corrected chi connectivity index (χ0v) is 15.5. The van der Waals surface area contributed by atoms with Gasteiger partial charge in [-0.15, -0.1) is 0 Å². The first-order valence-electron chi connectivity index (χ1n) is 8.98. The van der Waals surface area contributed by atoms with Crippen LogP contribution in [0.3, 0.4) is 0 Å². The minimum atomic E-state index is -0.342. The average Bonchev–Trinajstić information content (AvgIpc) is 3.24. The lowest BCUT2D eigenvalue weighted by Gasteiger charge is -2.03. The van der Waals surface area contributed by atoms with Crippen LogP contribution in [0.1, 0.15) is 22.8 Å². The lowest BCUT2D eigenvalue weighted by Crippen LogP contribution is -1.95. The van der Waals surface area contributed by atoms with E-state index < -0.39 is 0 Å². The topological polar surface area (TPSA) is 52.8 Å². The Hall–Kier alpha value is -3.54. The maximum Gasteiger partial charge on any atom is 0.153 e. The third kappa shape index (κ3) is 2.65. The predicted molar refractivity (Wildman–Crippen MR) is 106 cm³/mol. The number of para-hydroxylation sites is 1. The highest BCUT2D eigenvalue weighted by Crippen LogP contribution is 2.33. The van der Waals surface area contributed by atoms with E-state index >= 15 is 0 Å². The monoisotopic (exact) mass is 372 g/mol. The Balaban J connectivity index is 1.47. The minimum Gasteiger partial charge on any atom is -0.497 e. The third-order valence-corrected chi connectivity index (χ3v) is 4.98. The average molecular weight is 372 g/mol. The summed E-state index contributed by atoms with van der Waals surface area (Å²) in [5, 5.41) is 0.727. The van der Waals surface area contributed by atoms with Crippen molar-refractivity contribution in [3.63, 3.8) is 0 Å². The number of benzene rings is 2. The molecule has 0 amide bonds. The summed E-state index contributed by atoms with van der Waals surface area (Å²) in [5.41, 5.74) is 4.21. The van der Waals surface area contributed by atoms with Gasteiger partial charge in [0, 0.05) is 29.4 Å². The summed E-state index contributed by atoms with van der Waals surface area (Å²) in [5.74, 6) is 1.90. The standard InChI is InChI=1S/C22H17FN4O/c1-13-17-4-3-5-19(23)21(17)26-20(24-13)9-6-15-12-27-11-14-10-16(28-2)7-8-18(14)22(27)25-15/h3-10,12H,11H2,1-2H3/b9-6+. The lowest BCUT2D eigenvalue weighted by molar-refractivity contribution is 0.414. The van der Waals surface area contributed by atoms with Crippen LogP contribution in [0.15, 0.2) is 42.6 Å². The van der Waals surface area contributed by atoms with Crippen LogP contribution >= 0.6 is 0 Å². The van der Waals surface area contributed by atoms with Crippen LogP contribution in [0.5, 0.6) is 5.75 Å². The Morgan fingerprint density at radius 1 is 1.11 bits per heavy atom. The van der Waals surface area contributed by atoms with E-state index in [1.54, 1.807) is 19.3 Å². The van der Waals surface area contributed by atoms with Gasteiger partial charge in [-0.1, -0.05) is 12.1 Å². The van der Waals surface area contributed by atoms with Crippen LogP contribution < -0.4 is 4.74 Å². The summed E-state index contributed by atoms with van der Waals surface area (Å²) in [6.45, 7) is 2.62. The van der Waals surface area contributed by atoms with Crippen molar-refractivity contribution in [3.8, 4) is 17.1 Å². The van der Waals surface area contributed by atoms with Gasteiger partial charge in [0.1, 0.15) is 22.9 Å². The Morgan fingerprint density at radius 3 is 2.86 bits per heavy atom. The molecule has 3 heterocycles. The van der Waals surface area contributed by atoms with Gasteiger partial charge in [-0.25, -0.2) is 19.3 Å². The fraction of sp³-hybridized carbons (Fsp3) is 0.136. The largest absolute Gasteiger partial charge is 0.497 e. The summed E-state index contributed by atoms with van der Waals surface area (Å²) in [7, 11) is 1.67. The first-order chi connectivity index (χ1) is 13.6. The normalized spacial score (nSPS) is 12.5. The second-order valence-electron chi connectivity index (χ2n) is 6.78. The number of halogens is 1. The molecule has 6 heteroatoms. The van der Waals surface area contributed by atoms with Gasteiger partial charge in [-0.05, 0) is 48.9 Å². The number of hydrogen-bond acceptors (Lipinski definition) is 4. The molecule has 28 heavy (non-hydrogen) atoms. The van der Waals surface area contributed by atoms with E-state index in [0.717, 1.165) is 40.5 Å². The molecule has 0 unspecified atom stereocenters. The molecule has 2 aromatic heterocycles. The highest BCUT2D eigenvalue weighted by molar-refractivity contribution is 5.82. The van der Waals surface area contributed by atoms with E-state index in [4.69, 9.17) is 9.72 Å².